The Balaban J connectivity index is 1.36. The van der Waals surface area contributed by atoms with E-state index < -0.39 is 0 Å². The maximum atomic E-state index is 13.0. The number of thioether (sulfide) groups is 1. The lowest BCUT2D eigenvalue weighted by Crippen LogP contribution is -2.23. The maximum absolute atomic E-state index is 13.0. The van der Waals surface area contributed by atoms with Gasteiger partial charge in [0, 0.05) is 23.7 Å². The third-order valence-electron chi connectivity index (χ3n) is 6.93. The Morgan fingerprint density at radius 1 is 1.24 bits per heavy atom. The van der Waals surface area contributed by atoms with Crippen LogP contribution in [0.25, 0.3) is 5.78 Å². The summed E-state index contributed by atoms with van der Waals surface area (Å²) in [5.74, 6) is 1.12. The molecule has 34 heavy (non-hydrogen) atoms. The second-order valence-corrected chi connectivity index (χ2v) is 10.0. The maximum Gasteiger partial charge on any atom is 0.253 e. The van der Waals surface area contributed by atoms with Crippen molar-refractivity contribution >= 4 is 29.3 Å². The van der Waals surface area contributed by atoms with Gasteiger partial charge in [0.25, 0.3) is 5.78 Å². The van der Waals surface area contributed by atoms with Gasteiger partial charge < -0.3 is 14.6 Å². The molecule has 1 aliphatic heterocycles. The SMILES string of the molecule is Cc1nc2nc(SCC(=O)Nc3c(C#N)c4c(n3CC3CCCO3)CCCC4)nn2c(C)c1C. The molecule has 3 aromatic rings. The molecule has 0 saturated carbocycles. The molecule has 2 aliphatic rings. The van der Waals surface area contributed by atoms with Crippen LogP contribution in [0.3, 0.4) is 0 Å². The van der Waals surface area contributed by atoms with E-state index in [1.165, 1.54) is 17.5 Å². The minimum absolute atomic E-state index is 0.125. The lowest BCUT2D eigenvalue weighted by atomic mass is 9.95. The number of ether oxygens (including phenoxy) is 1. The molecule has 1 saturated heterocycles. The lowest BCUT2D eigenvalue weighted by Gasteiger charge is -2.19. The van der Waals surface area contributed by atoms with E-state index in [1.54, 1.807) is 4.52 Å². The van der Waals surface area contributed by atoms with Gasteiger partial charge >= 0.3 is 0 Å². The van der Waals surface area contributed by atoms with Gasteiger partial charge in [0.1, 0.15) is 11.9 Å². The highest BCUT2D eigenvalue weighted by Gasteiger charge is 2.28. The Hall–Kier alpha value is -2.90. The minimum atomic E-state index is -0.180. The van der Waals surface area contributed by atoms with Crippen LogP contribution in [0.4, 0.5) is 5.82 Å². The van der Waals surface area contributed by atoms with E-state index in [0.717, 1.165) is 67.6 Å². The smallest absolute Gasteiger partial charge is 0.253 e. The first-order valence-electron chi connectivity index (χ1n) is 11.9. The molecular weight excluding hydrogens is 450 g/mol. The molecule has 1 N–H and O–H groups in total. The highest BCUT2D eigenvalue weighted by molar-refractivity contribution is 7.99. The third-order valence-corrected chi connectivity index (χ3v) is 7.76. The highest BCUT2D eigenvalue weighted by atomic mass is 32.2. The standard InChI is InChI=1S/C24H29N7O2S/c1-14-15(2)26-23-28-24(29-31(23)16(14)3)34-13-21(32)27-22-19(11-25)18-8-4-5-9-20(18)30(22)12-17-7-6-10-33-17/h17H,4-10,12-13H2,1-3H3,(H,27,32). The van der Waals surface area contributed by atoms with E-state index in [1.807, 2.05) is 20.8 Å². The van der Waals surface area contributed by atoms with Crippen molar-refractivity contribution in [1.29, 1.82) is 5.26 Å². The first kappa shape index (κ1) is 22.9. The Kier molecular flexibility index (Phi) is 6.32. The second-order valence-electron chi connectivity index (χ2n) is 9.06. The van der Waals surface area contributed by atoms with Gasteiger partial charge in [0.05, 0.1) is 24.0 Å². The van der Waals surface area contributed by atoms with E-state index in [-0.39, 0.29) is 17.8 Å². The van der Waals surface area contributed by atoms with Crippen molar-refractivity contribution in [3.8, 4) is 6.07 Å². The first-order valence-corrected chi connectivity index (χ1v) is 12.8. The molecule has 1 unspecified atom stereocenters. The highest BCUT2D eigenvalue weighted by Crippen LogP contribution is 2.34. The minimum Gasteiger partial charge on any atom is -0.376 e. The summed E-state index contributed by atoms with van der Waals surface area (Å²) < 4.78 is 9.72. The van der Waals surface area contributed by atoms with Crippen molar-refractivity contribution in [3.05, 3.63) is 33.8 Å². The Bertz CT molecular complexity index is 1300. The van der Waals surface area contributed by atoms with Crippen molar-refractivity contribution < 1.29 is 9.53 Å². The number of aromatic nitrogens is 5. The zero-order valence-electron chi connectivity index (χ0n) is 19.8. The summed E-state index contributed by atoms with van der Waals surface area (Å²) in [6.07, 6.45) is 6.16. The molecule has 10 heteroatoms. The lowest BCUT2D eigenvalue weighted by molar-refractivity contribution is -0.113. The van der Waals surface area contributed by atoms with Gasteiger partial charge in [-0.2, -0.15) is 10.2 Å². The van der Waals surface area contributed by atoms with Gasteiger partial charge in [-0.25, -0.2) is 9.50 Å². The molecule has 0 spiro atoms. The molecule has 1 aliphatic carbocycles. The van der Waals surface area contributed by atoms with Crippen molar-refractivity contribution in [2.24, 2.45) is 0 Å². The summed E-state index contributed by atoms with van der Waals surface area (Å²) in [7, 11) is 0. The van der Waals surface area contributed by atoms with Crippen LogP contribution < -0.4 is 5.32 Å². The molecule has 3 aromatic heterocycles. The fourth-order valence-corrected chi connectivity index (χ4v) is 5.53. The molecule has 1 fully saturated rings. The van der Waals surface area contributed by atoms with Crippen LogP contribution in [0.1, 0.15) is 59.5 Å². The fourth-order valence-electron chi connectivity index (χ4n) is 4.91. The number of hydrogen-bond acceptors (Lipinski definition) is 7. The predicted molar refractivity (Wildman–Crippen MR) is 129 cm³/mol. The Morgan fingerprint density at radius 2 is 2.06 bits per heavy atom. The molecule has 1 atom stereocenters. The summed E-state index contributed by atoms with van der Waals surface area (Å²) >= 11 is 1.27. The average molecular weight is 480 g/mol. The summed E-state index contributed by atoms with van der Waals surface area (Å²) in [6.45, 7) is 7.40. The zero-order chi connectivity index (χ0) is 23.8. The normalized spacial score (nSPS) is 17.6. The van der Waals surface area contributed by atoms with E-state index >= 15 is 0 Å². The van der Waals surface area contributed by atoms with E-state index in [9.17, 15) is 10.1 Å². The molecule has 9 nitrogen and oxygen atoms in total. The van der Waals surface area contributed by atoms with E-state index in [0.29, 0.717) is 28.9 Å². The zero-order valence-corrected chi connectivity index (χ0v) is 20.7. The number of nitrogens with one attached hydrogen (secondary N) is 1. The van der Waals surface area contributed by atoms with Crippen LogP contribution in [0.2, 0.25) is 0 Å². The largest absolute Gasteiger partial charge is 0.376 e. The quantitative estimate of drug-likeness (QED) is 0.539. The number of carbonyl (C=O) groups excluding carboxylic acids is 1. The molecule has 0 bridgehead atoms. The summed E-state index contributed by atoms with van der Waals surface area (Å²) in [6, 6.07) is 2.36. The van der Waals surface area contributed by atoms with Gasteiger partial charge in [-0.3, -0.25) is 4.79 Å². The first-order chi connectivity index (χ1) is 16.5. The van der Waals surface area contributed by atoms with Crippen molar-refractivity contribution in [1.82, 2.24) is 24.1 Å². The second kappa shape index (κ2) is 9.39. The number of hydrogen-bond donors (Lipinski definition) is 1. The molecule has 178 valence electrons. The number of nitrogens with zero attached hydrogens (tertiary/aromatic N) is 6. The molecule has 0 radical (unpaired) electrons. The number of anilines is 1. The molecule has 4 heterocycles. The summed E-state index contributed by atoms with van der Waals surface area (Å²) in [4.78, 5) is 22.0. The van der Waals surface area contributed by atoms with E-state index in [4.69, 9.17) is 4.74 Å². The Morgan fingerprint density at radius 3 is 2.82 bits per heavy atom. The number of carbonyl (C=O) groups is 1. The van der Waals surface area contributed by atoms with Gasteiger partial charge in [-0.1, -0.05) is 11.8 Å². The van der Waals surface area contributed by atoms with Crippen LogP contribution in [0.15, 0.2) is 5.16 Å². The average Bonchev–Trinajstić information content (AvgIpc) is 3.55. The fraction of sp³-hybridized carbons (Fsp3) is 0.542. The van der Waals surface area contributed by atoms with Gasteiger partial charge in [0.2, 0.25) is 11.1 Å². The van der Waals surface area contributed by atoms with Gasteiger partial charge in [-0.15, -0.1) is 5.10 Å². The molecular formula is C24H29N7O2S. The number of aryl methyl sites for hydroxylation is 2. The predicted octanol–water partition coefficient (Wildman–Crippen LogP) is 3.51. The molecule has 1 amide bonds. The number of nitriles is 1. The number of fused-ring (bicyclic) bond motifs is 2. The Labute approximate surface area is 202 Å². The summed E-state index contributed by atoms with van der Waals surface area (Å²) in [5, 5.41) is 18.0. The topological polar surface area (TPSA) is 110 Å². The number of amides is 1. The van der Waals surface area contributed by atoms with Crippen LogP contribution in [-0.2, 0) is 28.9 Å². The third kappa shape index (κ3) is 4.18. The van der Waals surface area contributed by atoms with Crippen molar-refractivity contribution in [2.75, 3.05) is 17.7 Å². The van der Waals surface area contributed by atoms with Crippen molar-refractivity contribution in [3.63, 3.8) is 0 Å². The van der Waals surface area contributed by atoms with Crippen LogP contribution >= 0.6 is 11.8 Å². The van der Waals surface area contributed by atoms with Crippen LogP contribution in [0, 0.1) is 32.1 Å². The van der Waals surface area contributed by atoms with Crippen molar-refractivity contribution in [2.45, 2.75) is 77.1 Å². The molecule has 0 aromatic carbocycles. The van der Waals surface area contributed by atoms with Crippen LogP contribution in [0.5, 0.6) is 0 Å². The van der Waals surface area contributed by atoms with Gasteiger partial charge in [0.15, 0.2) is 0 Å². The van der Waals surface area contributed by atoms with Crippen LogP contribution in [-0.4, -0.2) is 48.5 Å². The molecule has 5 rings (SSSR count). The summed E-state index contributed by atoms with van der Waals surface area (Å²) in [5.41, 5.74) is 5.85. The number of rotatable bonds is 6. The van der Waals surface area contributed by atoms with E-state index in [2.05, 4.69) is 31.0 Å². The monoisotopic (exact) mass is 479 g/mol. The van der Waals surface area contributed by atoms with Gasteiger partial charge in [-0.05, 0) is 70.4 Å².